The number of aromatic nitrogens is 2. The van der Waals surface area contributed by atoms with Crippen molar-refractivity contribution < 1.29 is 4.74 Å². The van der Waals surface area contributed by atoms with Gasteiger partial charge < -0.3 is 10.1 Å². The normalized spacial score (nSPS) is 11.1. The fourth-order valence-electron chi connectivity index (χ4n) is 1.73. The van der Waals surface area contributed by atoms with Crippen LogP contribution in [0, 0.1) is 19.8 Å². The molecule has 1 N–H and O–H groups in total. The Morgan fingerprint density at radius 1 is 1.25 bits per heavy atom. The third-order valence-corrected chi connectivity index (χ3v) is 3.62. The van der Waals surface area contributed by atoms with Gasteiger partial charge in [0.15, 0.2) is 0 Å². The van der Waals surface area contributed by atoms with Crippen molar-refractivity contribution in [3.8, 4) is 10.9 Å². The van der Waals surface area contributed by atoms with E-state index in [0.29, 0.717) is 11.1 Å². The maximum absolute atomic E-state index is 5.82. The molecule has 108 valence electrons. The van der Waals surface area contributed by atoms with Crippen LogP contribution in [0.5, 0.6) is 10.9 Å². The van der Waals surface area contributed by atoms with Gasteiger partial charge in [-0.25, -0.2) is 0 Å². The third-order valence-electron chi connectivity index (χ3n) is 2.82. The van der Waals surface area contributed by atoms with E-state index in [4.69, 9.17) is 4.74 Å². The van der Waals surface area contributed by atoms with E-state index in [2.05, 4.69) is 41.5 Å². The first kappa shape index (κ1) is 14.9. The summed E-state index contributed by atoms with van der Waals surface area (Å²) in [6, 6.07) is 6.15. The lowest BCUT2D eigenvalue weighted by Crippen LogP contribution is -2.18. The first-order chi connectivity index (χ1) is 9.54. The molecule has 5 heteroatoms. The van der Waals surface area contributed by atoms with Gasteiger partial charge in [0.2, 0.25) is 0 Å². The van der Waals surface area contributed by atoms with Gasteiger partial charge >= 0.3 is 0 Å². The van der Waals surface area contributed by atoms with Gasteiger partial charge in [-0.05, 0) is 43.5 Å². The first-order valence-corrected chi connectivity index (χ1v) is 7.64. The van der Waals surface area contributed by atoms with Crippen LogP contribution in [0.1, 0.15) is 30.0 Å². The Morgan fingerprint density at radius 2 is 2.05 bits per heavy atom. The Labute approximate surface area is 124 Å². The van der Waals surface area contributed by atoms with E-state index >= 15 is 0 Å². The second kappa shape index (κ2) is 6.81. The second-order valence-corrected chi connectivity index (χ2v) is 6.38. The van der Waals surface area contributed by atoms with Gasteiger partial charge in [0, 0.05) is 6.54 Å². The monoisotopic (exact) mass is 291 g/mol. The van der Waals surface area contributed by atoms with E-state index in [1.807, 2.05) is 19.9 Å². The number of ether oxygens (including phenoxy) is 1. The molecule has 0 saturated carbocycles. The van der Waals surface area contributed by atoms with Gasteiger partial charge in [0.25, 0.3) is 5.19 Å². The molecule has 2 rings (SSSR count). The average Bonchev–Trinajstić information content (AvgIpc) is 2.81. The number of aryl methyl sites for hydroxylation is 2. The van der Waals surface area contributed by atoms with Crippen molar-refractivity contribution in [2.45, 2.75) is 34.2 Å². The average molecular weight is 291 g/mol. The minimum Gasteiger partial charge on any atom is -0.430 e. The summed E-state index contributed by atoms with van der Waals surface area (Å²) in [4.78, 5) is 0. The van der Waals surface area contributed by atoms with Crippen LogP contribution in [-0.2, 0) is 6.54 Å². The summed E-state index contributed by atoms with van der Waals surface area (Å²) in [5.41, 5.74) is 2.28. The molecule has 0 aliphatic heterocycles. The van der Waals surface area contributed by atoms with Crippen LogP contribution in [0.4, 0.5) is 0 Å². The standard InChI is InChI=1S/C15H21N3OS/c1-10(2)8-16-9-14-17-18-15(20-14)19-13-7-11(3)5-6-12(13)4/h5-7,10,16H,8-9H2,1-4H3. The quantitative estimate of drug-likeness (QED) is 0.881. The highest BCUT2D eigenvalue weighted by Crippen LogP contribution is 2.28. The Hall–Kier alpha value is -1.46. The molecule has 0 bridgehead atoms. The molecule has 0 amide bonds. The van der Waals surface area contributed by atoms with Crippen LogP contribution in [0.25, 0.3) is 0 Å². The second-order valence-electron chi connectivity index (χ2n) is 5.36. The smallest absolute Gasteiger partial charge is 0.299 e. The van der Waals surface area contributed by atoms with Crippen LogP contribution in [0.15, 0.2) is 18.2 Å². The van der Waals surface area contributed by atoms with E-state index in [9.17, 15) is 0 Å². The number of nitrogens with one attached hydrogen (secondary N) is 1. The topological polar surface area (TPSA) is 47.0 Å². The molecule has 0 atom stereocenters. The van der Waals surface area contributed by atoms with Crippen LogP contribution in [0.3, 0.4) is 0 Å². The molecule has 1 heterocycles. The molecule has 0 radical (unpaired) electrons. The molecule has 0 unspecified atom stereocenters. The fraction of sp³-hybridized carbons (Fsp3) is 0.467. The van der Waals surface area contributed by atoms with E-state index in [1.54, 1.807) is 0 Å². The van der Waals surface area contributed by atoms with E-state index in [-0.39, 0.29) is 0 Å². The highest BCUT2D eigenvalue weighted by Gasteiger charge is 2.08. The minimum absolute atomic E-state index is 0.597. The molecule has 0 fully saturated rings. The number of nitrogens with zero attached hydrogens (tertiary/aromatic N) is 2. The zero-order chi connectivity index (χ0) is 14.5. The SMILES string of the molecule is Cc1ccc(C)c(Oc2nnc(CNCC(C)C)s2)c1. The van der Waals surface area contributed by atoms with Gasteiger partial charge in [0.1, 0.15) is 10.8 Å². The molecular formula is C15H21N3OS. The summed E-state index contributed by atoms with van der Waals surface area (Å²) >= 11 is 1.49. The summed E-state index contributed by atoms with van der Waals surface area (Å²) in [6.07, 6.45) is 0. The Morgan fingerprint density at radius 3 is 2.80 bits per heavy atom. The fourth-order valence-corrected chi connectivity index (χ4v) is 2.40. The predicted molar refractivity (Wildman–Crippen MR) is 82.4 cm³/mol. The van der Waals surface area contributed by atoms with Crippen molar-refractivity contribution in [2.75, 3.05) is 6.54 Å². The number of rotatable bonds is 6. The van der Waals surface area contributed by atoms with Gasteiger partial charge in [-0.2, -0.15) is 0 Å². The van der Waals surface area contributed by atoms with Crippen LogP contribution in [0.2, 0.25) is 0 Å². The summed E-state index contributed by atoms with van der Waals surface area (Å²) in [5, 5.41) is 13.1. The Bertz CT molecular complexity index is 566. The summed E-state index contributed by atoms with van der Waals surface area (Å²) in [5.74, 6) is 1.48. The van der Waals surface area contributed by atoms with Crippen LogP contribution >= 0.6 is 11.3 Å². The predicted octanol–water partition coefficient (Wildman–Crippen LogP) is 3.69. The lowest BCUT2D eigenvalue weighted by molar-refractivity contribution is 0.469. The molecule has 0 aliphatic carbocycles. The minimum atomic E-state index is 0.597. The molecule has 0 spiro atoms. The zero-order valence-corrected chi connectivity index (χ0v) is 13.3. The van der Waals surface area contributed by atoms with E-state index in [0.717, 1.165) is 29.4 Å². The number of hydrogen-bond donors (Lipinski definition) is 1. The van der Waals surface area contributed by atoms with Crippen molar-refractivity contribution in [2.24, 2.45) is 5.92 Å². The molecule has 0 aliphatic rings. The van der Waals surface area contributed by atoms with Gasteiger partial charge in [0.05, 0.1) is 0 Å². The number of benzene rings is 1. The molecule has 1 aromatic heterocycles. The largest absolute Gasteiger partial charge is 0.430 e. The highest BCUT2D eigenvalue weighted by atomic mass is 32.1. The maximum atomic E-state index is 5.82. The summed E-state index contributed by atoms with van der Waals surface area (Å²) in [6.45, 7) is 10.2. The van der Waals surface area contributed by atoms with Crippen LogP contribution < -0.4 is 10.1 Å². The van der Waals surface area contributed by atoms with Crippen molar-refractivity contribution in [1.82, 2.24) is 15.5 Å². The van der Waals surface area contributed by atoms with E-state index < -0.39 is 0 Å². The highest BCUT2D eigenvalue weighted by molar-refractivity contribution is 7.13. The molecule has 0 saturated heterocycles. The van der Waals surface area contributed by atoms with Gasteiger partial charge in [-0.15, -0.1) is 5.10 Å². The zero-order valence-electron chi connectivity index (χ0n) is 12.4. The lowest BCUT2D eigenvalue weighted by atomic mass is 10.1. The Kier molecular flexibility index (Phi) is 5.09. The molecule has 2 aromatic rings. The van der Waals surface area contributed by atoms with E-state index in [1.165, 1.54) is 16.9 Å². The summed E-state index contributed by atoms with van der Waals surface area (Å²) in [7, 11) is 0. The van der Waals surface area contributed by atoms with Crippen molar-refractivity contribution in [3.05, 3.63) is 34.3 Å². The van der Waals surface area contributed by atoms with Crippen molar-refractivity contribution in [3.63, 3.8) is 0 Å². The molecule has 20 heavy (non-hydrogen) atoms. The summed E-state index contributed by atoms with van der Waals surface area (Å²) < 4.78 is 5.82. The lowest BCUT2D eigenvalue weighted by Gasteiger charge is -2.06. The van der Waals surface area contributed by atoms with Crippen LogP contribution in [-0.4, -0.2) is 16.7 Å². The molecule has 1 aromatic carbocycles. The maximum Gasteiger partial charge on any atom is 0.299 e. The van der Waals surface area contributed by atoms with Crippen molar-refractivity contribution >= 4 is 11.3 Å². The third kappa shape index (κ3) is 4.28. The number of hydrogen-bond acceptors (Lipinski definition) is 5. The Balaban J connectivity index is 1.97. The van der Waals surface area contributed by atoms with Gasteiger partial charge in [-0.1, -0.05) is 42.4 Å². The van der Waals surface area contributed by atoms with Gasteiger partial charge in [-0.3, -0.25) is 0 Å². The molecular weight excluding hydrogens is 270 g/mol. The first-order valence-electron chi connectivity index (χ1n) is 6.83. The molecule has 4 nitrogen and oxygen atoms in total. The van der Waals surface area contributed by atoms with Crippen molar-refractivity contribution in [1.29, 1.82) is 0 Å².